The molecule has 1 amide bonds. The van der Waals surface area contributed by atoms with Crippen molar-refractivity contribution >= 4 is 21.6 Å². The molecule has 1 aromatic rings. The van der Waals surface area contributed by atoms with E-state index in [1.165, 1.54) is 30.5 Å². The minimum atomic E-state index is -3.70. The first kappa shape index (κ1) is 15.6. The lowest BCUT2D eigenvalue weighted by Crippen LogP contribution is -2.37. The average molecular weight is 313 g/mol. The highest BCUT2D eigenvalue weighted by atomic mass is 32.2. The predicted molar refractivity (Wildman–Crippen MR) is 78.4 cm³/mol. The number of methoxy groups -OCH3 is 1. The van der Waals surface area contributed by atoms with E-state index in [1.807, 2.05) is 0 Å². The Kier molecular flexibility index (Phi) is 4.38. The van der Waals surface area contributed by atoms with Crippen molar-refractivity contribution in [1.29, 1.82) is 0 Å². The van der Waals surface area contributed by atoms with Crippen molar-refractivity contribution in [2.45, 2.75) is 24.3 Å². The van der Waals surface area contributed by atoms with E-state index in [0.717, 1.165) is 0 Å². The van der Waals surface area contributed by atoms with Gasteiger partial charge in [0.2, 0.25) is 15.9 Å². The Balaban J connectivity index is 2.27. The van der Waals surface area contributed by atoms with Gasteiger partial charge in [-0.25, -0.2) is 8.42 Å². The van der Waals surface area contributed by atoms with Gasteiger partial charge in [-0.15, -0.1) is 0 Å². The molecule has 8 heteroatoms. The third kappa shape index (κ3) is 3.27. The zero-order chi connectivity index (χ0) is 15.6. The molecule has 0 aliphatic carbocycles. The van der Waals surface area contributed by atoms with E-state index in [2.05, 4.69) is 5.32 Å². The fourth-order valence-corrected chi connectivity index (χ4v) is 4.08. The SMILES string of the molecule is COc1ccc(N)cc1S(=O)(=O)N1CCC(NC(C)=O)C1. The number of rotatable bonds is 4. The van der Waals surface area contributed by atoms with Gasteiger partial charge in [0.1, 0.15) is 10.6 Å². The number of benzene rings is 1. The molecule has 1 saturated heterocycles. The summed E-state index contributed by atoms with van der Waals surface area (Å²) in [5.41, 5.74) is 6.03. The quantitative estimate of drug-likeness (QED) is 0.772. The van der Waals surface area contributed by atoms with Crippen LogP contribution in [0.2, 0.25) is 0 Å². The summed E-state index contributed by atoms with van der Waals surface area (Å²) in [6.07, 6.45) is 0.587. The molecule has 116 valence electrons. The first-order valence-electron chi connectivity index (χ1n) is 6.55. The smallest absolute Gasteiger partial charge is 0.246 e. The van der Waals surface area contributed by atoms with Crippen LogP contribution in [0.15, 0.2) is 23.1 Å². The lowest BCUT2D eigenvalue weighted by molar-refractivity contribution is -0.119. The second kappa shape index (κ2) is 5.90. The Bertz CT molecular complexity index is 645. The van der Waals surface area contributed by atoms with Crippen LogP contribution in [-0.4, -0.2) is 44.9 Å². The van der Waals surface area contributed by atoms with Crippen LogP contribution >= 0.6 is 0 Å². The fraction of sp³-hybridized carbons (Fsp3) is 0.462. The molecule has 1 aromatic carbocycles. The number of nitrogen functional groups attached to an aromatic ring is 1. The number of hydrogen-bond acceptors (Lipinski definition) is 5. The highest BCUT2D eigenvalue weighted by molar-refractivity contribution is 7.89. The van der Waals surface area contributed by atoms with E-state index in [9.17, 15) is 13.2 Å². The van der Waals surface area contributed by atoms with Crippen LogP contribution in [0.1, 0.15) is 13.3 Å². The van der Waals surface area contributed by atoms with Crippen LogP contribution in [0.4, 0.5) is 5.69 Å². The standard InChI is InChI=1S/C13H19N3O4S/c1-9(17)15-11-5-6-16(8-11)21(18,19)13-7-10(14)3-4-12(13)20-2/h3-4,7,11H,5-6,8,14H2,1-2H3,(H,15,17). The van der Waals surface area contributed by atoms with Crippen molar-refractivity contribution in [3.8, 4) is 5.75 Å². The van der Waals surface area contributed by atoms with E-state index in [4.69, 9.17) is 10.5 Å². The number of nitrogens with zero attached hydrogens (tertiary/aromatic N) is 1. The molecule has 7 nitrogen and oxygen atoms in total. The van der Waals surface area contributed by atoms with Gasteiger partial charge in [0.25, 0.3) is 0 Å². The van der Waals surface area contributed by atoms with Crippen LogP contribution in [0.25, 0.3) is 0 Å². The first-order valence-corrected chi connectivity index (χ1v) is 7.99. The molecular weight excluding hydrogens is 294 g/mol. The van der Waals surface area contributed by atoms with Gasteiger partial charge in [-0.3, -0.25) is 4.79 Å². The minimum absolute atomic E-state index is 0.0495. The van der Waals surface area contributed by atoms with Crippen molar-refractivity contribution < 1.29 is 17.9 Å². The summed E-state index contributed by atoms with van der Waals surface area (Å²) in [6.45, 7) is 2.02. The van der Waals surface area contributed by atoms with Gasteiger partial charge in [0.05, 0.1) is 7.11 Å². The van der Waals surface area contributed by atoms with Gasteiger partial charge in [0, 0.05) is 31.7 Å². The highest BCUT2D eigenvalue weighted by Crippen LogP contribution is 2.30. The Labute approximate surface area is 124 Å². The number of sulfonamides is 1. The number of carbonyl (C=O) groups is 1. The third-order valence-electron chi connectivity index (χ3n) is 3.36. The topological polar surface area (TPSA) is 102 Å². The van der Waals surface area contributed by atoms with E-state index >= 15 is 0 Å². The number of nitrogens with one attached hydrogen (secondary N) is 1. The molecule has 3 N–H and O–H groups in total. The van der Waals surface area contributed by atoms with Crippen molar-refractivity contribution in [1.82, 2.24) is 9.62 Å². The average Bonchev–Trinajstić information content (AvgIpc) is 2.87. The third-order valence-corrected chi connectivity index (χ3v) is 5.25. The molecule has 0 spiro atoms. The number of amides is 1. The molecule has 2 rings (SSSR count). The minimum Gasteiger partial charge on any atom is -0.495 e. The molecule has 1 atom stereocenters. The molecule has 1 aliphatic heterocycles. The molecule has 1 unspecified atom stereocenters. The zero-order valence-electron chi connectivity index (χ0n) is 12.0. The number of nitrogens with two attached hydrogens (primary N) is 1. The Morgan fingerprint density at radius 2 is 2.19 bits per heavy atom. The molecule has 0 saturated carbocycles. The summed E-state index contributed by atoms with van der Waals surface area (Å²) < 4.78 is 31.8. The summed E-state index contributed by atoms with van der Waals surface area (Å²) >= 11 is 0. The number of ether oxygens (including phenoxy) is 1. The second-order valence-electron chi connectivity index (χ2n) is 4.96. The van der Waals surface area contributed by atoms with E-state index < -0.39 is 10.0 Å². The maximum Gasteiger partial charge on any atom is 0.246 e. The molecule has 0 bridgehead atoms. The summed E-state index contributed by atoms with van der Waals surface area (Å²) in [7, 11) is -2.28. The summed E-state index contributed by atoms with van der Waals surface area (Å²) in [5, 5.41) is 2.73. The van der Waals surface area contributed by atoms with Crippen LogP contribution in [0, 0.1) is 0 Å². The molecule has 21 heavy (non-hydrogen) atoms. The lowest BCUT2D eigenvalue weighted by atomic mass is 10.3. The van der Waals surface area contributed by atoms with Crippen LogP contribution in [0.5, 0.6) is 5.75 Å². The van der Waals surface area contributed by atoms with Crippen molar-refractivity contribution in [2.75, 3.05) is 25.9 Å². The van der Waals surface area contributed by atoms with E-state index in [1.54, 1.807) is 6.07 Å². The van der Waals surface area contributed by atoms with Gasteiger partial charge >= 0.3 is 0 Å². The van der Waals surface area contributed by atoms with Gasteiger partial charge in [-0.1, -0.05) is 0 Å². The molecule has 0 radical (unpaired) electrons. The molecular formula is C13H19N3O4S. The maximum atomic E-state index is 12.7. The fourth-order valence-electron chi connectivity index (χ4n) is 2.39. The first-order chi connectivity index (χ1) is 9.84. The van der Waals surface area contributed by atoms with Gasteiger partial charge < -0.3 is 15.8 Å². The van der Waals surface area contributed by atoms with E-state index in [0.29, 0.717) is 18.7 Å². The lowest BCUT2D eigenvalue weighted by Gasteiger charge is -2.19. The number of anilines is 1. The predicted octanol–water partition coefficient (Wildman–Crippen LogP) is 0.176. The number of carbonyl (C=O) groups excluding carboxylic acids is 1. The van der Waals surface area contributed by atoms with E-state index in [-0.39, 0.29) is 29.1 Å². The van der Waals surface area contributed by atoms with Crippen molar-refractivity contribution in [2.24, 2.45) is 0 Å². The Morgan fingerprint density at radius 3 is 2.81 bits per heavy atom. The molecule has 1 aliphatic rings. The van der Waals surface area contributed by atoms with Crippen molar-refractivity contribution in [3.63, 3.8) is 0 Å². The zero-order valence-corrected chi connectivity index (χ0v) is 12.8. The molecule has 1 heterocycles. The van der Waals surface area contributed by atoms with Gasteiger partial charge in [-0.2, -0.15) is 4.31 Å². The maximum absolute atomic E-state index is 12.7. The molecule has 1 fully saturated rings. The summed E-state index contributed by atoms with van der Waals surface area (Å²) in [4.78, 5) is 11.1. The van der Waals surface area contributed by atoms with Gasteiger partial charge in [-0.05, 0) is 24.6 Å². The van der Waals surface area contributed by atoms with Gasteiger partial charge in [0.15, 0.2) is 0 Å². The van der Waals surface area contributed by atoms with Crippen LogP contribution in [0.3, 0.4) is 0 Å². The summed E-state index contributed by atoms with van der Waals surface area (Å²) in [6, 6.07) is 4.34. The number of hydrogen-bond donors (Lipinski definition) is 2. The largest absolute Gasteiger partial charge is 0.495 e. The van der Waals surface area contributed by atoms with Crippen molar-refractivity contribution in [3.05, 3.63) is 18.2 Å². The highest BCUT2D eigenvalue weighted by Gasteiger charge is 2.34. The van der Waals surface area contributed by atoms with Crippen LogP contribution in [-0.2, 0) is 14.8 Å². The summed E-state index contributed by atoms with van der Waals surface area (Å²) in [5.74, 6) is 0.0907. The second-order valence-corrected chi connectivity index (χ2v) is 6.87. The molecule has 0 aromatic heterocycles. The Morgan fingerprint density at radius 1 is 1.48 bits per heavy atom. The Hall–Kier alpha value is -1.80. The normalized spacial score (nSPS) is 19.4. The monoisotopic (exact) mass is 313 g/mol. The van der Waals surface area contributed by atoms with Crippen LogP contribution < -0.4 is 15.8 Å².